The second-order valence-corrected chi connectivity index (χ2v) is 5.24. The molecule has 1 heteroatoms. The van der Waals surface area contributed by atoms with E-state index in [1.54, 1.807) is 0 Å². The van der Waals surface area contributed by atoms with Crippen molar-refractivity contribution >= 4 is 0 Å². The molecule has 0 bridgehead atoms. The number of rotatable bonds is 5. The Kier molecular flexibility index (Phi) is 3.65. The van der Waals surface area contributed by atoms with Crippen LogP contribution in [0.15, 0.2) is 30.3 Å². The van der Waals surface area contributed by atoms with Gasteiger partial charge in [-0.1, -0.05) is 44.2 Å². The minimum absolute atomic E-state index is 0.561. The standard InChI is InChI=1S/C15H23N/c1-4-12(3)16-15(14-10-11(14)2)13-8-6-5-7-9-13/h5-9,11-12,14-16H,4,10H2,1-3H3. The molecule has 1 aromatic carbocycles. The van der Waals surface area contributed by atoms with Crippen LogP contribution in [0, 0.1) is 11.8 Å². The number of nitrogens with one attached hydrogen (secondary N) is 1. The lowest BCUT2D eigenvalue weighted by atomic mass is 10.00. The average Bonchev–Trinajstić information content (AvgIpc) is 3.04. The molecule has 0 heterocycles. The van der Waals surface area contributed by atoms with Crippen LogP contribution in [0.1, 0.15) is 45.2 Å². The monoisotopic (exact) mass is 217 g/mol. The van der Waals surface area contributed by atoms with E-state index in [2.05, 4.69) is 56.4 Å². The van der Waals surface area contributed by atoms with Crippen LogP contribution in [0.3, 0.4) is 0 Å². The van der Waals surface area contributed by atoms with Crippen molar-refractivity contribution in [2.24, 2.45) is 11.8 Å². The molecular formula is C15H23N. The van der Waals surface area contributed by atoms with E-state index in [0.29, 0.717) is 12.1 Å². The number of hydrogen-bond acceptors (Lipinski definition) is 1. The van der Waals surface area contributed by atoms with E-state index in [0.717, 1.165) is 11.8 Å². The highest BCUT2D eigenvalue weighted by molar-refractivity contribution is 5.21. The summed E-state index contributed by atoms with van der Waals surface area (Å²) in [6, 6.07) is 12.1. The summed E-state index contributed by atoms with van der Waals surface area (Å²) in [6.45, 7) is 6.89. The van der Waals surface area contributed by atoms with Gasteiger partial charge in [-0.15, -0.1) is 0 Å². The molecule has 16 heavy (non-hydrogen) atoms. The van der Waals surface area contributed by atoms with Gasteiger partial charge in [0.25, 0.3) is 0 Å². The van der Waals surface area contributed by atoms with Crippen molar-refractivity contribution in [3.63, 3.8) is 0 Å². The zero-order valence-electron chi connectivity index (χ0n) is 10.6. The third kappa shape index (κ3) is 2.65. The van der Waals surface area contributed by atoms with Crippen molar-refractivity contribution in [2.45, 2.75) is 45.7 Å². The summed E-state index contributed by atoms with van der Waals surface area (Å²) in [7, 11) is 0. The Morgan fingerprint density at radius 3 is 2.44 bits per heavy atom. The summed E-state index contributed by atoms with van der Waals surface area (Å²) < 4.78 is 0. The quantitative estimate of drug-likeness (QED) is 0.791. The Balaban J connectivity index is 2.09. The Morgan fingerprint density at radius 1 is 1.31 bits per heavy atom. The maximum Gasteiger partial charge on any atom is 0.0353 e. The summed E-state index contributed by atoms with van der Waals surface area (Å²) in [5.74, 6) is 1.73. The predicted molar refractivity (Wildman–Crippen MR) is 69.3 cm³/mol. The van der Waals surface area contributed by atoms with Crippen LogP contribution in [0.2, 0.25) is 0 Å². The minimum Gasteiger partial charge on any atom is -0.307 e. The molecule has 0 spiro atoms. The van der Waals surface area contributed by atoms with Crippen LogP contribution < -0.4 is 5.32 Å². The molecule has 1 aliphatic carbocycles. The minimum atomic E-state index is 0.561. The molecule has 1 saturated carbocycles. The molecule has 0 radical (unpaired) electrons. The molecule has 0 aromatic heterocycles. The van der Waals surface area contributed by atoms with E-state index >= 15 is 0 Å². The van der Waals surface area contributed by atoms with Gasteiger partial charge in [-0.25, -0.2) is 0 Å². The summed E-state index contributed by atoms with van der Waals surface area (Å²) in [5, 5.41) is 3.78. The van der Waals surface area contributed by atoms with E-state index in [-0.39, 0.29) is 0 Å². The molecule has 4 unspecified atom stereocenters. The van der Waals surface area contributed by atoms with E-state index in [9.17, 15) is 0 Å². The van der Waals surface area contributed by atoms with Gasteiger partial charge >= 0.3 is 0 Å². The fraction of sp³-hybridized carbons (Fsp3) is 0.600. The first-order valence-corrected chi connectivity index (χ1v) is 6.53. The largest absolute Gasteiger partial charge is 0.307 e. The van der Waals surface area contributed by atoms with Gasteiger partial charge in [-0.3, -0.25) is 0 Å². The topological polar surface area (TPSA) is 12.0 Å². The number of benzene rings is 1. The fourth-order valence-electron chi connectivity index (χ4n) is 2.37. The van der Waals surface area contributed by atoms with Gasteiger partial charge < -0.3 is 5.32 Å². The van der Waals surface area contributed by atoms with Crippen LogP contribution in [-0.4, -0.2) is 6.04 Å². The maximum atomic E-state index is 3.78. The first-order chi connectivity index (χ1) is 7.72. The van der Waals surface area contributed by atoms with Crippen molar-refractivity contribution in [1.29, 1.82) is 0 Å². The van der Waals surface area contributed by atoms with E-state index in [1.807, 2.05) is 0 Å². The van der Waals surface area contributed by atoms with E-state index in [4.69, 9.17) is 0 Å². The fourth-order valence-corrected chi connectivity index (χ4v) is 2.37. The van der Waals surface area contributed by atoms with Crippen LogP contribution in [0.25, 0.3) is 0 Å². The van der Waals surface area contributed by atoms with Crippen molar-refractivity contribution in [3.05, 3.63) is 35.9 Å². The van der Waals surface area contributed by atoms with E-state index < -0.39 is 0 Å². The smallest absolute Gasteiger partial charge is 0.0353 e. The zero-order chi connectivity index (χ0) is 11.5. The SMILES string of the molecule is CCC(C)NC(c1ccccc1)C1CC1C. The van der Waals surface area contributed by atoms with Crippen LogP contribution in [0.5, 0.6) is 0 Å². The molecule has 2 rings (SSSR count). The molecule has 1 aromatic rings. The van der Waals surface area contributed by atoms with Crippen LogP contribution in [0.4, 0.5) is 0 Å². The summed E-state index contributed by atoms with van der Waals surface area (Å²) in [6.07, 6.45) is 2.58. The average molecular weight is 217 g/mol. The molecule has 1 nitrogen and oxygen atoms in total. The third-order valence-corrected chi connectivity index (χ3v) is 3.84. The van der Waals surface area contributed by atoms with Gasteiger partial charge in [0.1, 0.15) is 0 Å². The zero-order valence-corrected chi connectivity index (χ0v) is 10.6. The maximum absolute atomic E-state index is 3.78. The number of hydrogen-bond donors (Lipinski definition) is 1. The molecular weight excluding hydrogens is 194 g/mol. The van der Waals surface area contributed by atoms with Crippen molar-refractivity contribution in [1.82, 2.24) is 5.32 Å². The second-order valence-electron chi connectivity index (χ2n) is 5.24. The molecule has 1 aliphatic rings. The summed E-state index contributed by atoms with van der Waals surface area (Å²) in [4.78, 5) is 0. The highest BCUT2D eigenvalue weighted by Gasteiger charge is 2.40. The molecule has 88 valence electrons. The molecule has 1 N–H and O–H groups in total. The molecule has 0 amide bonds. The van der Waals surface area contributed by atoms with Crippen LogP contribution in [-0.2, 0) is 0 Å². The Hall–Kier alpha value is -0.820. The normalized spacial score (nSPS) is 27.4. The second kappa shape index (κ2) is 5.01. The summed E-state index contributed by atoms with van der Waals surface area (Å²) in [5.41, 5.74) is 1.46. The van der Waals surface area contributed by atoms with Crippen LogP contribution >= 0.6 is 0 Å². The van der Waals surface area contributed by atoms with Crippen molar-refractivity contribution in [3.8, 4) is 0 Å². The van der Waals surface area contributed by atoms with Gasteiger partial charge in [0.2, 0.25) is 0 Å². The highest BCUT2D eigenvalue weighted by atomic mass is 15.0. The van der Waals surface area contributed by atoms with Gasteiger partial charge in [0, 0.05) is 12.1 Å². The highest BCUT2D eigenvalue weighted by Crippen LogP contribution is 2.47. The molecule has 4 atom stereocenters. The lowest BCUT2D eigenvalue weighted by Gasteiger charge is -2.23. The van der Waals surface area contributed by atoms with Gasteiger partial charge in [-0.2, -0.15) is 0 Å². The Labute approximate surface area is 99.3 Å². The Morgan fingerprint density at radius 2 is 1.94 bits per heavy atom. The van der Waals surface area contributed by atoms with Gasteiger partial charge in [-0.05, 0) is 37.2 Å². The molecule has 0 saturated heterocycles. The van der Waals surface area contributed by atoms with E-state index in [1.165, 1.54) is 18.4 Å². The lowest BCUT2D eigenvalue weighted by molar-refractivity contribution is 0.401. The Bertz CT molecular complexity index is 319. The van der Waals surface area contributed by atoms with Crippen molar-refractivity contribution < 1.29 is 0 Å². The predicted octanol–water partition coefficient (Wildman–Crippen LogP) is 3.77. The third-order valence-electron chi connectivity index (χ3n) is 3.84. The lowest BCUT2D eigenvalue weighted by Crippen LogP contribution is -2.31. The molecule has 1 fully saturated rings. The first kappa shape index (κ1) is 11.7. The summed E-state index contributed by atoms with van der Waals surface area (Å²) >= 11 is 0. The van der Waals surface area contributed by atoms with Gasteiger partial charge in [0.05, 0.1) is 0 Å². The molecule has 0 aliphatic heterocycles. The first-order valence-electron chi connectivity index (χ1n) is 6.53. The van der Waals surface area contributed by atoms with Gasteiger partial charge in [0.15, 0.2) is 0 Å². The van der Waals surface area contributed by atoms with Crippen molar-refractivity contribution in [2.75, 3.05) is 0 Å².